The molecule has 0 aliphatic rings. The molecule has 0 fully saturated rings. The Balaban J connectivity index is 2.71. The summed E-state index contributed by atoms with van der Waals surface area (Å²) in [6.07, 6.45) is 0. The zero-order valence-electron chi connectivity index (χ0n) is 6.28. The first-order valence-corrected chi connectivity index (χ1v) is 4.13. The average molecular weight is 183 g/mol. The van der Waals surface area contributed by atoms with Crippen molar-refractivity contribution in [2.24, 2.45) is 10.9 Å². The highest BCUT2D eigenvalue weighted by atomic mass is 32.2. The molecule has 0 aliphatic carbocycles. The van der Waals surface area contributed by atoms with E-state index in [4.69, 9.17) is 10.9 Å². The summed E-state index contributed by atoms with van der Waals surface area (Å²) < 4.78 is 0. The molecule has 5 N–H and O–H groups in total. The first-order chi connectivity index (χ1) is 5.72. The maximum Gasteiger partial charge on any atom is 0.316 e. The van der Waals surface area contributed by atoms with Crippen molar-refractivity contribution >= 4 is 23.7 Å². The fraction of sp³-hybridized carbons (Fsp3) is 0. The van der Waals surface area contributed by atoms with E-state index in [0.717, 1.165) is 16.8 Å². The van der Waals surface area contributed by atoms with Crippen molar-refractivity contribution in [3.8, 4) is 0 Å². The molecule has 1 rings (SSSR count). The summed E-state index contributed by atoms with van der Waals surface area (Å²) in [7, 11) is 0. The minimum atomic E-state index is -0.567. The van der Waals surface area contributed by atoms with Crippen molar-refractivity contribution in [1.29, 1.82) is 0 Å². The lowest BCUT2D eigenvalue weighted by Gasteiger charge is -2.01. The van der Waals surface area contributed by atoms with Crippen LogP contribution in [0.2, 0.25) is 0 Å². The average Bonchev–Trinajstić information content (AvgIpc) is 2.05. The molecule has 1 aromatic rings. The highest BCUT2D eigenvalue weighted by Crippen LogP contribution is 2.14. The molecule has 0 unspecified atom stereocenters. The number of carbonyl (C=O) groups excluding carboxylic acids is 1. The van der Waals surface area contributed by atoms with Gasteiger partial charge in [0.05, 0.1) is 0 Å². The van der Waals surface area contributed by atoms with Crippen LogP contribution in [-0.2, 0) is 0 Å². The van der Waals surface area contributed by atoms with Gasteiger partial charge in [-0.25, -0.2) is 4.79 Å². The van der Waals surface area contributed by atoms with Crippen molar-refractivity contribution in [1.82, 2.24) is 0 Å². The van der Waals surface area contributed by atoms with E-state index in [0.29, 0.717) is 5.69 Å². The number of primary amides is 1. The van der Waals surface area contributed by atoms with Crippen molar-refractivity contribution in [2.45, 2.75) is 4.90 Å². The van der Waals surface area contributed by atoms with Gasteiger partial charge in [-0.1, -0.05) is 0 Å². The Labute approximate surface area is 74.4 Å². The number of nitrogens with one attached hydrogen (secondary N) is 1. The van der Waals surface area contributed by atoms with E-state index >= 15 is 0 Å². The van der Waals surface area contributed by atoms with Crippen LogP contribution in [0.1, 0.15) is 0 Å². The lowest BCUT2D eigenvalue weighted by molar-refractivity contribution is 0.259. The van der Waals surface area contributed by atoms with Crippen LogP contribution in [0.3, 0.4) is 0 Å². The second kappa shape index (κ2) is 3.99. The quantitative estimate of drug-likeness (QED) is 0.601. The Morgan fingerprint density at radius 3 is 2.33 bits per heavy atom. The maximum absolute atomic E-state index is 10.4. The third kappa shape index (κ3) is 2.44. The molecule has 0 atom stereocenters. The molecule has 0 heterocycles. The van der Waals surface area contributed by atoms with Crippen LogP contribution in [0.25, 0.3) is 0 Å². The molecule has 2 amide bonds. The van der Waals surface area contributed by atoms with Gasteiger partial charge in [-0.3, -0.25) is 5.14 Å². The molecule has 0 saturated carbocycles. The van der Waals surface area contributed by atoms with Crippen molar-refractivity contribution in [2.75, 3.05) is 5.32 Å². The number of hydrogen-bond acceptors (Lipinski definition) is 3. The lowest BCUT2D eigenvalue weighted by atomic mass is 10.3. The minimum absolute atomic E-state index is 0.567. The van der Waals surface area contributed by atoms with Crippen LogP contribution < -0.4 is 16.2 Å². The van der Waals surface area contributed by atoms with Gasteiger partial charge < -0.3 is 11.1 Å². The predicted octanol–water partition coefficient (Wildman–Crippen LogP) is 1.14. The summed E-state index contributed by atoms with van der Waals surface area (Å²) in [6, 6.07) is 6.51. The topological polar surface area (TPSA) is 81.1 Å². The number of hydrogen-bond donors (Lipinski definition) is 3. The molecule has 0 bridgehead atoms. The highest BCUT2D eigenvalue weighted by molar-refractivity contribution is 7.97. The van der Waals surface area contributed by atoms with Crippen LogP contribution in [0.4, 0.5) is 10.5 Å². The van der Waals surface area contributed by atoms with Gasteiger partial charge in [0.2, 0.25) is 0 Å². The summed E-state index contributed by atoms with van der Waals surface area (Å²) in [5, 5.41) is 7.75. The fourth-order valence-corrected chi connectivity index (χ4v) is 1.05. The number of nitrogens with two attached hydrogens (primary N) is 2. The van der Waals surface area contributed by atoms with Gasteiger partial charge in [-0.05, 0) is 36.2 Å². The number of benzene rings is 1. The Hall–Kier alpha value is -1.20. The zero-order valence-corrected chi connectivity index (χ0v) is 7.10. The molecule has 1 aromatic carbocycles. The molecular weight excluding hydrogens is 174 g/mol. The van der Waals surface area contributed by atoms with Crippen LogP contribution in [0, 0.1) is 0 Å². The maximum atomic E-state index is 10.4. The first kappa shape index (κ1) is 8.89. The Bertz CT molecular complexity index is 272. The Morgan fingerprint density at radius 2 is 1.92 bits per heavy atom. The monoisotopic (exact) mass is 183 g/mol. The van der Waals surface area contributed by atoms with Crippen molar-refractivity contribution < 1.29 is 4.79 Å². The summed E-state index contributed by atoms with van der Waals surface area (Å²) in [4.78, 5) is 11.3. The van der Waals surface area contributed by atoms with Gasteiger partial charge in [0.15, 0.2) is 0 Å². The summed E-state index contributed by atoms with van der Waals surface area (Å²) in [5.41, 5.74) is 5.58. The summed E-state index contributed by atoms with van der Waals surface area (Å²) in [5.74, 6) is 0. The van der Waals surface area contributed by atoms with E-state index in [9.17, 15) is 4.79 Å². The van der Waals surface area contributed by atoms with Gasteiger partial charge in [-0.15, -0.1) is 0 Å². The lowest BCUT2D eigenvalue weighted by Crippen LogP contribution is -2.19. The number of anilines is 1. The predicted molar refractivity (Wildman–Crippen MR) is 49.7 cm³/mol. The third-order valence-corrected chi connectivity index (χ3v) is 1.80. The molecule has 0 spiro atoms. The van der Waals surface area contributed by atoms with Crippen LogP contribution in [-0.4, -0.2) is 6.03 Å². The van der Waals surface area contributed by atoms with Gasteiger partial charge in [0.1, 0.15) is 0 Å². The molecule has 12 heavy (non-hydrogen) atoms. The zero-order chi connectivity index (χ0) is 8.97. The summed E-state index contributed by atoms with van der Waals surface area (Å²) >= 11 is 1.15. The molecule has 4 nitrogen and oxygen atoms in total. The molecule has 64 valence electrons. The Kier molecular flexibility index (Phi) is 2.95. The first-order valence-electron chi connectivity index (χ1n) is 3.25. The second-order valence-electron chi connectivity index (χ2n) is 2.13. The minimum Gasteiger partial charge on any atom is -0.351 e. The van der Waals surface area contributed by atoms with E-state index in [2.05, 4.69) is 5.32 Å². The summed E-state index contributed by atoms with van der Waals surface area (Å²) in [6.45, 7) is 0. The third-order valence-electron chi connectivity index (χ3n) is 1.26. The SMILES string of the molecule is NSc1ccc(NC(N)=O)cc1. The molecule has 0 radical (unpaired) electrons. The van der Waals surface area contributed by atoms with E-state index in [1.807, 2.05) is 0 Å². The number of carbonyl (C=O) groups is 1. The molecule has 0 saturated heterocycles. The number of rotatable bonds is 2. The second-order valence-corrected chi connectivity index (χ2v) is 2.84. The van der Waals surface area contributed by atoms with Gasteiger partial charge in [-0.2, -0.15) is 0 Å². The van der Waals surface area contributed by atoms with E-state index < -0.39 is 6.03 Å². The van der Waals surface area contributed by atoms with Crippen LogP contribution in [0.5, 0.6) is 0 Å². The largest absolute Gasteiger partial charge is 0.351 e. The highest BCUT2D eigenvalue weighted by Gasteiger charge is 1.94. The van der Waals surface area contributed by atoms with Crippen molar-refractivity contribution in [3.05, 3.63) is 24.3 Å². The van der Waals surface area contributed by atoms with E-state index in [1.54, 1.807) is 24.3 Å². The van der Waals surface area contributed by atoms with Gasteiger partial charge >= 0.3 is 6.03 Å². The van der Waals surface area contributed by atoms with Crippen molar-refractivity contribution in [3.63, 3.8) is 0 Å². The standard InChI is InChI=1S/C7H9N3OS/c8-7(11)10-5-1-3-6(12-9)4-2-5/h1-4H,9H2,(H3,8,10,11). The molecule has 5 heteroatoms. The smallest absolute Gasteiger partial charge is 0.316 e. The molecular formula is C7H9N3OS. The fourth-order valence-electron chi connectivity index (χ4n) is 0.759. The van der Waals surface area contributed by atoms with Gasteiger partial charge in [0.25, 0.3) is 0 Å². The molecule has 0 aliphatic heterocycles. The van der Waals surface area contributed by atoms with E-state index in [1.165, 1.54) is 0 Å². The number of amides is 2. The van der Waals surface area contributed by atoms with Crippen LogP contribution >= 0.6 is 11.9 Å². The number of urea groups is 1. The van der Waals surface area contributed by atoms with Gasteiger partial charge in [0, 0.05) is 10.6 Å². The van der Waals surface area contributed by atoms with E-state index in [-0.39, 0.29) is 0 Å². The normalized spacial score (nSPS) is 9.42. The Morgan fingerprint density at radius 1 is 1.33 bits per heavy atom. The molecule has 0 aromatic heterocycles. The van der Waals surface area contributed by atoms with Crippen LogP contribution in [0.15, 0.2) is 29.2 Å².